The summed E-state index contributed by atoms with van der Waals surface area (Å²) in [7, 11) is 0. The van der Waals surface area contributed by atoms with Crippen LogP contribution in [0.2, 0.25) is 0 Å². The van der Waals surface area contributed by atoms with Crippen molar-refractivity contribution >= 4 is 5.84 Å². The van der Waals surface area contributed by atoms with Gasteiger partial charge in [0.25, 0.3) is 0 Å². The van der Waals surface area contributed by atoms with E-state index in [1.54, 1.807) is 0 Å². The molecule has 94 valence electrons. The Morgan fingerprint density at radius 2 is 2.00 bits per heavy atom. The first-order valence-electron chi connectivity index (χ1n) is 6.38. The number of hydrogen-bond donors (Lipinski definition) is 3. The van der Waals surface area contributed by atoms with E-state index in [-0.39, 0.29) is 0 Å². The molecule has 1 fully saturated rings. The average Bonchev–Trinajstić information content (AvgIpc) is 2.29. The quantitative estimate of drug-likeness (QED) is 0.214. The van der Waals surface area contributed by atoms with Gasteiger partial charge in [-0.25, -0.2) is 0 Å². The number of nitrogens with one attached hydrogen (secondary N) is 1. The molecule has 0 radical (unpaired) electrons. The van der Waals surface area contributed by atoms with Crippen molar-refractivity contribution < 1.29 is 5.21 Å². The maximum Gasteiger partial charge on any atom is 0.139 e. The Morgan fingerprint density at radius 1 is 1.31 bits per heavy atom. The van der Waals surface area contributed by atoms with Gasteiger partial charge in [-0.1, -0.05) is 24.4 Å². The van der Waals surface area contributed by atoms with E-state index in [1.165, 1.54) is 32.1 Å². The summed E-state index contributed by atoms with van der Waals surface area (Å²) in [5, 5.41) is 15.0. The van der Waals surface area contributed by atoms with Gasteiger partial charge in [-0.2, -0.15) is 0 Å². The molecule has 0 amide bonds. The second-order valence-electron chi connectivity index (χ2n) is 5.10. The monoisotopic (exact) mass is 227 g/mol. The lowest BCUT2D eigenvalue weighted by Crippen LogP contribution is -2.44. The number of rotatable bonds is 6. The Hall–Kier alpha value is -0.770. The molecule has 4 N–H and O–H groups in total. The van der Waals surface area contributed by atoms with Crippen LogP contribution in [0, 0.1) is 0 Å². The van der Waals surface area contributed by atoms with Crippen LogP contribution in [0.1, 0.15) is 58.3 Å². The maximum atomic E-state index is 8.38. The molecule has 0 bridgehead atoms. The number of nitrogens with zero attached hydrogens (tertiary/aromatic N) is 1. The molecule has 0 aliphatic heterocycles. The van der Waals surface area contributed by atoms with Crippen molar-refractivity contribution in [3.05, 3.63) is 0 Å². The lowest BCUT2D eigenvalue weighted by Gasteiger charge is -2.34. The summed E-state index contributed by atoms with van der Waals surface area (Å²) in [4.78, 5) is 0. The van der Waals surface area contributed by atoms with Gasteiger partial charge >= 0.3 is 0 Å². The van der Waals surface area contributed by atoms with Gasteiger partial charge in [0.15, 0.2) is 0 Å². The highest BCUT2D eigenvalue weighted by Crippen LogP contribution is 2.27. The molecule has 1 aliphatic rings. The molecular weight excluding hydrogens is 202 g/mol. The topological polar surface area (TPSA) is 70.6 Å². The lowest BCUT2D eigenvalue weighted by molar-refractivity contribution is 0.253. The van der Waals surface area contributed by atoms with Crippen LogP contribution in [-0.2, 0) is 0 Å². The van der Waals surface area contributed by atoms with Crippen molar-refractivity contribution in [2.75, 3.05) is 6.54 Å². The van der Waals surface area contributed by atoms with Crippen LogP contribution in [0.25, 0.3) is 0 Å². The standard InChI is InChI=1S/C12H25N3O/c1-12(8-4-2-5-9-12)14-10-6-3-7-11(13)15-16/h14,16H,2-10H2,1H3,(H2,13,15). The van der Waals surface area contributed by atoms with Gasteiger partial charge in [0.1, 0.15) is 5.84 Å². The van der Waals surface area contributed by atoms with E-state index in [2.05, 4.69) is 17.4 Å². The van der Waals surface area contributed by atoms with Gasteiger partial charge in [0.05, 0.1) is 0 Å². The van der Waals surface area contributed by atoms with Crippen LogP contribution in [-0.4, -0.2) is 23.1 Å². The second-order valence-corrected chi connectivity index (χ2v) is 5.10. The van der Waals surface area contributed by atoms with E-state index in [1.807, 2.05) is 0 Å². The Morgan fingerprint density at radius 3 is 2.62 bits per heavy atom. The zero-order chi connectivity index (χ0) is 11.9. The summed E-state index contributed by atoms with van der Waals surface area (Å²) in [5.74, 6) is 0.337. The average molecular weight is 227 g/mol. The second kappa shape index (κ2) is 6.74. The molecule has 4 nitrogen and oxygen atoms in total. The van der Waals surface area contributed by atoms with E-state index >= 15 is 0 Å². The normalized spacial score (nSPS) is 20.9. The Labute approximate surface area is 98.3 Å². The van der Waals surface area contributed by atoms with Crippen LogP contribution in [0.4, 0.5) is 0 Å². The third-order valence-corrected chi connectivity index (χ3v) is 3.50. The van der Waals surface area contributed by atoms with Crippen LogP contribution in [0.3, 0.4) is 0 Å². The molecule has 1 aliphatic carbocycles. The highest BCUT2D eigenvalue weighted by atomic mass is 16.4. The molecule has 0 saturated heterocycles. The van der Waals surface area contributed by atoms with Crippen molar-refractivity contribution in [1.82, 2.24) is 5.32 Å². The third kappa shape index (κ3) is 4.84. The molecule has 0 heterocycles. The third-order valence-electron chi connectivity index (χ3n) is 3.50. The summed E-state index contributed by atoms with van der Waals surface area (Å²) in [6, 6.07) is 0. The van der Waals surface area contributed by atoms with Crippen LogP contribution >= 0.6 is 0 Å². The molecule has 0 unspecified atom stereocenters. The van der Waals surface area contributed by atoms with Gasteiger partial charge in [-0.3, -0.25) is 0 Å². The van der Waals surface area contributed by atoms with Crippen LogP contribution in [0.5, 0.6) is 0 Å². The van der Waals surface area contributed by atoms with E-state index < -0.39 is 0 Å². The summed E-state index contributed by atoms with van der Waals surface area (Å²) in [6.07, 6.45) is 9.46. The maximum absolute atomic E-state index is 8.38. The van der Waals surface area contributed by atoms with Gasteiger partial charge in [-0.15, -0.1) is 0 Å². The van der Waals surface area contributed by atoms with Gasteiger partial charge in [0, 0.05) is 12.0 Å². The van der Waals surface area contributed by atoms with Crippen molar-refractivity contribution in [3.8, 4) is 0 Å². The molecule has 1 rings (SSSR count). The van der Waals surface area contributed by atoms with E-state index in [0.717, 1.165) is 19.4 Å². The zero-order valence-corrected chi connectivity index (χ0v) is 10.3. The number of unbranched alkanes of at least 4 members (excludes halogenated alkanes) is 1. The highest BCUT2D eigenvalue weighted by molar-refractivity contribution is 5.79. The Balaban J connectivity index is 2.06. The minimum atomic E-state index is 0.337. The SMILES string of the molecule is CC1(NCCCCC(N)=NO)CCCCC1. The molecule has 16 heavy (non-hydrogen) atoms. The van der Waals surface area contributed by atoms with Gasteiger partial charge < -0.3 is 16.3 Å². The first-order chi connectivity index (χ1) is 7.66. The Bertz CT molecular complexity index is 222. The van der Waals surface area contributed by atoms with Gasteiger partial charge in [-0.05, 0) is 39.2 Å². The molecule has 1 saturated carbocycles. The number of oxime groups is 1. The first-order valence-corrected chi connectivity index (χ1v) is 6.38. The van der Waals surface area contributed by atoms with Crippen LogP contribution < -0.4 is 11.1 Å². The highest BCUT2D eigenvalue weighted by Gasteiger charge is 2.25. The molecule has 0 atom stereocenters. The molecule has 0 spiro atoms. The molecule has 0 aromatic heterocycles. The van der Waals surface area contributed by atoms with Crippen molar-refractivity contribution in [3.63, 3.8) is 0 Å². The predicted octanol–water partition coefficient (Wildman–Crippen LogP) is 2.22. The van der Waals surface area contributed by atoms with E-state index in [4.69, 9.17) is 10.9 Å². The lowest BCUT2D eigenvalue weighted by atomic mass is 9.83. The molecule has 0 aromatic rings. The minimum absolute atomic E-state index is 0.337. The summed E-state index contributed by atoms with van der Waals surface area (Å²) in [5.41, 5.74) is 5.76. The predicted molar refractivity (Wildman–Crippen MR) is 66.8 cm³/mol. The number of hydrogen-bond acceptors (Lipinski definition) is 3. The largest absolute Gasteiger partial charge is 0.409 e. The van der Waals surface area contributed by atoms with Crippen molar-refractivity contribution in [1.29, 1.82) is 0 Å². The Kier molecular flexibility index (Phi) is 5.60. The molecule has 4 heteroatoms. The first kappa shape index (κ1) is 13.3. The summed E-state index contributed by atoms with van der Waals surface area (Å²) < 4.78 is 0. The summed E-state index contributed by atoms with van der Waals surface area (Å²) >= 11 is 0. The zero-order valence-electron chi connectivity index (χ0n) is 10.3. The fourth-order valence-corrected chi connectivity index (χ4v) is 2.38. The van der Waals surface area contributed by atoms with Crippen molar-refractivity contribution in [2.24, 2.45) is 10.9 Å². The fourth-order valence-electron chi connectivity index (χ4n) is 2.38. The molecular formula is C12H25N3O. The van der Waals surface area contributed by atoms with Crippen LogP contribution in [0.15, 0.2) is 5.16 Å². The smallest absolute Gasteiger partial charge is 0.139 e. The van der Waals surface area contributed by atoms with Crippen molar-refractivity contribution in [2.45, 2.75) is 63.8 Å². The minimum Gasteiger partial charge on any atom is -0.409 e. The number of amidine groups is 1. The summed E-state index contributed by atoms with van der Waals surface area (Å²) in [6.45, 7) is 3.37. The van der Waals surface area contributed by atoms with E-state index in [9.17, 15) is 0 Å². The number of nitrogens with two attached hydrogens (primary N) is 1. The van der Waals surface area contributed by atoms with Gasteiger partial charge in [0.2, 0.25) is 0 Å². The van der Waals surface area contributed by atoms with E-state index in [0.29, 0.717) is 17.8 Å². The molecule has 0 aromatic carbocycles. The fraction of sp³-hybridized carbons (Fsp3) is 0.917.